The van der Waals surface area contributed by atoms with Crippen molar-refractivity contribution in [2.45, 2.75) is 12.3 Å². The predicted molar refractivity (Wildman–Crippen MR) is 201 cm³/mol. The van der Waals surface area contributed by atoms with E-state index < -0.39 is 0 Å². The molecule has 1 unspecified atom stereocenters. The maximum atomic E-state index is 6.80. The Bertz CT molecular complexity index is 2730. The van der Waals surface area contributed by atoms with Gasteiger partial charge in [-0.2, -0.15) is 0 Å². The number of hydrogen-bond acceptors (Lipinski definition) is 3. The monoisotopic (exact) mass is 626 g/mol. The molecule has 3 nitrogen and oxygen atoms in total. The maximum Gasteiger partial charge on any atom is 0.160 e. The molecular formula is C46H30N2O. The summed E-state index contributed by atoms with van der Waals surface area (Å²) in [6.07, 6.45) is 3.12. The highest BCUT2D eigenvalue weighted by Crippen LogP contribution is 2.43. The van der Waals surface area contributed by atoms with Gasteiger partial charge in [-0.15, -0.1) is 0 Å². The Morgan fingerprint density at radius 3 is 1.86 bits per heavy atom. The first kappa shape index (κ1) is 27.8. The van der Waals surface area contributed by atoms with Crippen LogP contribution in [0.4, 0.5) is 0 Å². The summed E-state index contributed by atoms with van der Waals surface area (Å²) in [5, 5.41) is 6.21. The molecule has 0 radical (unpaired) electrons. The fraction of sp³-hybridized carbons (Fsp3) is 0.0435. The summed E-state index contributed by atoms with van der Waals surface area (Å²) in [6.45, 7) is 0. The van der Waals surface area contributed by atoms with Crippen molar-refractivity contribution in [3.8, 4) is 44.9 Å². The molecule has 0 aliphatic heterocycles. The molecule has 0 spiro atoms. The zero-order valence-electron chi connectivity index (χ0n) is 26.7. The smallest absolute Gasteiger partial charge is 0.160 e. The van der Waals surface area contributed by atoms with Gasteiger partial charge in [-0.3, -0.25) is 0 Å². The lowest BCUT2D eigenvalue weighted by Crippen LogP contribution is -2.15. The number of rotatable bonds is 5. The van der Waals surface area contributed by atoms with Gasteiger partial charge >= 0.3 is 0 Å². The summed E-state index contributed by atoms with van der Waals surface area (Å²) in [4.78, 5) is 10.4. The molecule has 1 atom stereocenters. The summed E-state index contributed by atoms with van der Waals surface area (Å²) in [7, 11) is 0. The Balaban J connectivity index is 1.18. The van der Waals surface area contributed by atoms with Crippen LogP contribution in [0, 0.1) is 0 Å². The van der Waals surface area contributed by atoms with Gasteiger partial charge in [-0.05, 0) is 80.7 Å². The van der Waals surface area contributed by atoms with Gasteiger partial charge in [0.15, 0.2) is 5.82 Å². The second kappa shape index (κ2) is 11.1. The molecule has 2 aromatic heterocycles. The van der Waals surface area contributed by atoms with Gasteiger partial charge in [0.2, 0.25) is 0 Å². The summed E-state index contributed by atoms with van der Waals surface area (Å²) >= 11 is 0. The highest BCUT2D eigenvalue weighted by molar-refractivity contribution is 6.23. The molecule has 0 fully saturated rings. The fourth-order valence-corrected chi connectivity index (χ4v) is 7.66. The van der Waals surface area contributed by atoms with E-state index in [0.29, 0.717) is 0 Å². The van der Waals surface area contributed by atoms with E-state index in [1.165, 1.54) is 43.6 Å². The molecule has 49 heavy (non-hydrogen) atoms. The molecule has 0 saturated heterocycles. The van der Waals surface area contributed by atoms with Gasteiger partial charge in [0.05, 0.1) is 11.4 Å². The molecule has 0 N–H and O–H groups in total. The average molecular weight is 627 g/mol. The van der Waals surface area contributed by atoms with Gasteiger partial charge in [0.25, 0.3) is 0 Å². The van der Waals surface area contributed by atoms with Crippen LogP contribution in [0.3, 0.4) is 0 Å². The summed E-state index contributed by atoms with van der Waals surface area (Å²) in [5.41, 5.74) is 11.8. The zero-order chi connectivity index (χ0) is 32.3. The quantitative estimate of drug-likeness (QED) is 0.178. The van der Waals surface area contributed by atoms with Crippen molar-refractivity contribution in [2.24, 2.45) is 0 Å². The number of aromatic nitrogens is 2. The molecule has 7 aromatic carbocycles. The molecule has 2 heterocycles. The lowest BCUT2D eigenvalue weighted by Gasteiger charge is -2.21. The van der Waals surface area contributed by atoms with Crippen molar-refractivity contribution < 1.29 is 4.42 Å². The van der Waals surface area contributed by atoms with Crippen LogP contribution in [0.25, 0.3) is 83.5 Å². The number of benzene rings is 7. The first-order valence-electron chi connectivity index (χ1n) is 16.8. The normalized spacial score (nSPS) is 14.0. The third-order valence-corrected chi connectivity index (χ3v) is 9.97. The molecule has 3 heteroatoms. The Kier molecular flexibility index (Phi) is 6.31. The van der Waals surface area contributed by atoms with Crippen molar-refractivity contribution in [3.05, 3.63) is 174 Å². The van der Waals surface area contributed by atoms with Crippen LogP contribution in [0.2, 0.25) is 0 Å². The van der Waals surface area contributed by atoms with Crippen molar-refractivity contribution in [1.82, 2.24) is 9.97 Å². The van der Waals surface area contributed by atoms with E-state index in [0.717, 1.165) is 56.9 Å². The van der Waals surface area contributed by atoms with Gasteiger partial charge in [0, 0.05) is 27.8 Å². The Hall–Kier alpha value is -6.32. The molecule has 230 valence electrons. The van der Waals surface area contributed by atoms with Crippen LogP contribution in [0.5, 0.6) is 0 Å². The van der Waals surface area contributed by atoms with Crippen molar-refractivity contribution in [3.63, 3.8) is 0 Å². The lowest BCUT2D eigenvalue weighted by molar-refractivity contribution is 0.576. The molecule has 0 bridgehead atoms. The van der Waals surface area contributed by atoms with Crippen LogP contribution in [-0.2, 0) is 6.42 Å². The minimum Gasteiger partial charge on any atom is -0.456 e. The van der Waals surface area contributed by atoms with Gasteiger partial charge < -0.3 is 4.42 Å². The number of nitrogens with zero attached hydrogens (tertiary/aromatic N) is 2. The number of hydrogen-bond donors (Lipinski definition) is 0. The van der Waals surface area contributed by atoms with Gasteiger partial charge in [0.1, 0.15) is 11.0 Å². The minimum atomic E-state index is 0.00720. The van der Waals surface area contributed by atoms with Gasteiger partial charge in [-0.1, -0.05) is 133 Å². The standard InChI is InChI=1S/C46H30N2O/c1-4-13-29(14-5-1)32-19-12-20-33(23-32)40-28-41(48-46(47-40)31-17-8-3-9-18-31)35-25-39-37-22-11-10-21-36(37)38-24-34(30-15-6-2-7-16-30)26-42-44(38)45(39)43(27-35)49-42/h1-24,26-28,35H,25H2. The molecule has 9 aromatic rings. The highest BCUT2D eigenvalue weighted by Gasteiger charge is 2.27. The van der Waals surface area contributed by atoms with E-state index in [1.807, 2.05) is 18.2 Å². The van der Waals surface area contributed by atoms with Crippen LogP contribution >= 0.6 is 0 Å². The van der Waals surface area contributed by atoms with E-state index in [4.69, 9.17) is 14.4 Å². The fourth-order valence-electron chi connectivity index (χ4n) is 7.66. The number of fused-ring (bicyclic) bond motifs is 3. The minimum absolute atomic E-state index is 0.00720. The van der Waals surface area contributed by atoms with Crippen LogP contribution in [-0.4, -0.2) is 9.97 Å². The maximum absolute atomic E-state index is 6.80. The molecule has 10 rings (SSSR count). The van der Waals surface area contributed by atoms with Crippen LogP contribution < -0.4 is 5.42 Å². The van der Waals surface area contributed by atoms with E-state index in [1.54, 1.807) is 0 Å². The summed E-state index contributed by atoms with van der Waals surface area (Å²) in [5.74, 6) is 0.735. The van der Waals surface area contributed by atoms with Crippen LogP contribution in [0.1, 0.15) is 17.2 Å². The van der Waals surface area contributed by atoms with E-state index >= 15 is 0 Å². The molecule has 0 saturated carbocycles. The average Bonchev–Trinajstić information content (AvgIpc) is 3.57. The van der Waals surface area contributed by atoms with E-state index in [9.17, 15) is 0 Å². The first-order valence-corrected chi connectivity index (χ1v) is 16.8. The third kappa shape index (κ3) is 4.66. The van der Waals surface area contributed by atoms with Crippen molar-refractivity contribution in [2.75, 3.05) is 0 Å². The molecule has 0 amide bonds. The zero-order valence-corrected chi connectivity index (χ0v) is 26.7. The third-order valence-electron chi connectivity index (χ3n) is 9.97. The summed E-state index contributed by atoms with van der Waals surface area (Å²) in [6, 6.07) is 55.6. The Morgan fingerprint density at radius 1 is 0.469 bits per heavy atom. The van der Waals surface area contributed by atoms with E-state index in [2.05, 4.69) is 146 Å². The number of furan rings is 1. The summed E-state index contributed by atoms with van der Waals surface area (Å²) < 4.78 is 6.80. The predicted octanol–water partition coefficient (Wildman–Crippen LogP) is 11.0. The highest BCUT2D eigenvalue weighted by atomic mass is 16.3. The van der Waals surface area contributed by atoms with Crippen molar-refractivity contribution in [1.29, 1.82) is 0 Å². The molecule has 1 aliphatic rings. The Morgan fingerprint density at radius 2 is 1.10 bits per heavy atom. The SMILES string of the molecule is C1=c2oc3cc(-c4ccccc4)cc4c5ccccc5c(c2c34)CC1c1cc(-c2cccc(-c3ccccc3)c2)nc(-c2ccccc2)n1. The van der Waals surface area contributed by atoms with E-state index in [-0.39, 0.29) is 5.92 Å². The largest absolute Gasteiger partial charge is 0.456 e. The second-order valence-corrected chi connectivity index (χ2v) is 12.9. The topological polar surface area (TPSA) is 38.9 Å². The van der Waals surface area contributed by atoms with Gasteiger partial charge in [-0.25, -0.2) is 9.97 Å². The van der Waals surface area contributed by atoms with Crippen molar-refractivity contribution >= 4 is 38.6 Å². The first-order chi connectivity index (χ1) is 24.3. The Labute approximate surface area is 283 Å². The second-order valence-electron chi connectivity index (χ2n) is 12.9. The molecule has 1 aliphatic carbocycles. The van der Waals surface area contributed by atoms with Crippen LogP contribution in [0.15, 0.2) is 162 Å². The lowest BCUT2D eigenvalue weighted by atomic mass is 9.83. The molecular weight excluding hydrogens is 597 g/mol.